The van der Waals surface area contributed by atoms with Gasteiger partial charge in [0.15, 0.2) is 16.4 Å². The number of ether oxygens (including phenoxy) is 1. The Hall–Kier alpha value is -6.16. The van der Waals surface area contributed by atoms with E-state index in [-0.39, 0.29) is 78.9 Å². The number of phenolic OH excluding ortho intramolecular Hbond substituents is 5. The van der Waals surface area contributed by atoms with Gasteiger partial charge >= 0.3 is 0 Å². The molecular formula is C35H24O10. The molecular weight excluding hydrogens is 580 g/mol. The number of benzene rings is 4. The molecule has 0 spiro atoms. The minimum absolute atomic E-state index is 0.0178. The normalized spacial score (nSPS) is 13.6. The van der Waals surface area contributed by atoms with Crippen molar-refractivity contribution < 1.29 is 39.1 Å². The molecule has 0 aliphatic carbocycles. The van der Waals surface area contributed by atoms with Gasteiger partial charge < -0.3 is 39.1 Å². The Labute approximate surface area is 253 Å². The van der Waals surface area contributed by atoms with Crippen LogP contribution >= 0.6 is 0 Å². The molecule has 3 heterocycles. The highest BCUT2D eigenvalue weighted by Crippen LogP contribution is 2.51. The third-order valence-electron chi connectivity index (χ3n) is 7.65. The van der Waals surface area contributed by atoms with Gasteiger partial charge in [0, 0.05) is 41.0 Å². The number of hydrogen-bond acceptors (Lipinski definition) is 10. The van der Waals surface area contributed by atoms with Crippen LogP contribution in [0.1, 0.15) is 19.4 Å². The Morgan fingerprint density at radius 2 is 1.33 bits per heavy atom. The largest absolute Gasteiger partial charge is 0.508 e. The van der Waals surface area contributed by atoms with Crippen molar-refractivity contribution in [1.82, 2.24) is 0 Å². The van der Waals surface area contributed by atoms with Crippen molar-refractivity contribution in [2.75, 3.05) is 0 Å². The average molecular weight is 605 g/mol. The summed E-state index contributed by atoms with van der Waals surface area (Å²) in [6.07, 6.45) is 3.36. The van der Waals surface area contributed by atoms with Crippen molar-refractivity contribution in [2.24, 2.45) is 0 Å². The van der Waals surface area contributed by atoms with Crippen LogP contribution in [0.3, 0.4) is 0 Å². The van der Waals surface area contributed by atoms with Crippen LogP contribution < -0.4 is 15.6 Å². The van der Waals surface area contributed by atoms with Gasteiger partial charge in [0.2, 0.25) is 0 Å². The van der Waals surface area contributed by atoms with Crippen molar-refractivity contribution in [1.29, 1.82) is 0 Å². The van der Waals surface area contributed by atoms with Crippen LogP contribution in [0.25, 0.3) is 61.8 Å². The molecule has 4 aromatic carbocycles. The van der Waals surface area contributed by atoms with E-state index in [2.05, 4.69) is 0 Å². The first-order chi connectivity index (χ1) is 21.4. The summed E-state index contributed by atoms with van der Waals surface area (Å²) in [5, 5.41) is 52.2. The molecule has 1 aliphatic rings. The molecule has 6 aromatic rings. The van der Waals surface area contributed by atoms with E-state index in [1.807, 2.05) is 0 Å². The predicted molar refractivity (Wildman–Crippen MR) is 167 cm³/mol. The second-order valence-electron chi connectivity index (χ2n) is 11.3. The molecule has 0 saturated heterocycles. The Kier molecular flexibility index (Phi) is 5.95. The quantitative estimate of drug-likeness (QED) is 0.148. The molecule has 5 N–H and O–H groups in total. The molecule has 0 fully saturated rings. The van der Waals surface area contributed by atoms with Crippen molar-refractivity contribution in [2.45, 2.75) is 19.4 Å². The summed E-state index contributed by atoms with van der Waals surface area (Å²) in [6, 6.07) is 15.0. The molecule has 0 bridgehead atoms. The van der Waals surface area contributed by atoms with E-state index in [0.29, 0.717) is 11.1 Å². The monoisotopic (exact) mass is 604 g/mol. The highest BCUT2D eigenvalue weighted by atomic mass is 16.5. The maximum atomic E-state index is 13.6. The third-order valence-corrected chi connectivity index (χ3v) is 7.65. The Balaban J connectivity index is 1.55. The highest BCUT2D eigenvalue weighted by molar-refractivity contribution is 6.05. The molecule has 0 unspecified atom stereocenters. The molecule has 0 radical (unpaired) electrons. The molecule has 1 aliphatic heterocycles. The van der Waals surface area contributed by atoms with E-state index < -0.39 is 22.2 Å². The minimum Gasteiger partial charge on any atom is -0.508 e. The number of aromatic hydroxyl groups is 5. The topological polar surface area (TPSA) is 171 Å². The molecule has 45 heavy (non-hydrogen) atoms. The lowest BCUT2D eigenvalue weighted by Gasteiger charge is -2.30. The number of fused-ring (bicyclic) bond motifs is 3. The van der Waals surface area contributed by atoms with Gasteiger partial charge in [-0.05, 0) is 68.5 Å². The summed E-state index contributed by atoms with van der Waals surface area (Å²) in [6.45, 7) is 3.59. The summed E-state index contributed by atoms with van der Waals surface area (Å²) in [5.74, 6) is -0.993. The second-order valence-corrected chi connectivity index (χ2v) is 11.3. The lowest BCUT2D eigenvalue weighted by molar-refractivity contribution is 0.159. The van der Waals surface area contributed by atoms with Crippen molar-refractivity contribution in [3.05, 3.63) is 98.8 Å². The lowest BCUT2D eigenvalue weighted by atomic mass is 9.91. The maximum Gasteiger partial charge on any atom is 0.197 e. The van der Waals surface area contributed by atoms with Gasteiger partial charge in [-0.3, -0.25) is 9.59 Å². The van der Waals surface area contributed by atoms with Crippen LogP contribution in [0.15, 0.2) is 91.2 Å². The SMILES string of the molecule is CC1(C)C=Cc2c(c(-c3cc(-c4cc(=O)c5c(O)cc(O)cc5o4)ccc3O)c3oc(-c4ccc(O)cc4)cc(=O)c3c2O)O1. The predicted octanol–water partition coefficient (Wildman–Crippen LogP) is 6.61. The summed E-state index contributed by atoms with van der Waals surface area (Å²) in [5.41, 5.74) is -0.820. The molecule has 10 nitrogen and oxygen atoms in total. The van der Waals surface area contributed by atoms with Crippen LogP contribution in [-0.2, 0) is 0 Å². The first kappa shape index (κ1) is 27.7. The zero-order chi connectivity index (χ0) is 31.8. The fourth-order valence-electron chi connectivity index (χ4n) is 5.51. The summed E-state index contributed by atoms with van der Waals surface area (Å²) in [4.78, 5) is 26.5. The molecule has 0 saturated carbocycles. The van der Waals surface area contributed by atoms with E-state index in [9.17, 15) is 35.1 Å². The summed E-state index contributed by atoms with van der Waals surface area (Å²) >= 11 is 0. The zero-order valence-electron chi connectivity index (χ0n) is 23.8. The van der Waals surface area contributed by atoms with Gasteiger partial charge in [-0.25, -0.2) is 0 Å². The van der Waals surface area contributed by atoms with Gasteiger partial charge in [0.1, 0.15) is 68.0 Å². The van der Waals surface area contributed by atoms with Crippen molar-refractivity contribution >= 4 is 28.0 Å². The van der Waals surface area contributed by atoms with E-state index >= 15 is 0 Å². The number of rotatable bonds is 3. The van der Waals surface area contributed by atoms with E-state index in [1.165, 1.54) is 48.5 Å². The van der Waals surface area contributed by atoms with Crippen LogP contribution in [0.5, 0.6) is 34.5 Å². The minimum atomic E-state index is -0.848. The molecule has 224 valence electrons. The Bertz CT molecular complexity index is 2360. The van der Waals surface area contributed by atoms with Crippen molar-refractivity contribution in [3.63, 3.8) is 0 Å². The van der Waals surface area contributed by atoms with Gasteiger partial charge in [-0.15, -0.1) is 0 Å². The summed E-state index contributed by atoms with van der Waals surface area (Å²) < 4.78 is 18.5. The standard InChI is InChI=1S/C35H24O10/c1-35(2)10-9-20-32(42)31-25(41)15-26(16-3-6-18(36)7-4-16)44-34(31)29(33(20)45-35)21-11-17(5-8-22(21)38)27-14-24(40)30-23(39)12-19(37)13-28(30)43-27/h3-15,36-39,42H,1-2H3. The molecule has 0 amide bonds. The van der Waals surface area contributed by atoms with Gasteiger partial charge in [-0.2, -0.15) is 0 Å². The smallest absolute Gasteiger partial charge is 0.197 e. The van der Waals surface area contributed by atoms with Gasteiger partial charge in [0.25, 0.3) is 0 Å². The number of hydrogen-bond donors (Lipinski definition) is 5. The van der Waals surface area contributed by atoms with E-state index in [1.54, 1.807) is 38.1 Å². The lowest BCUT2D eigenvalue weighted by Crippen LogP contribution is -2.28. The van der Waals surface area contributed by atoms with Crippen molar-refractivity contribution in [3.8, 4) is 68.3 Å². The van der Waals surface area contributed by atoms with Gasteiger partial charge in [-0.1, -0.05) is 0 Å². The van der Waals surface area contributed by atoms with Gasteiger partial charge in [0.05, 0.1) is 11.1 Å². The second kappa shape index (κ2) is 9.68. The fraction of sp³-hybridized carbons (Fsp3) is 0.0857. The molecule has 10 heteroatoms. The molecule has 7 rings (SSSR count). The third kappa shape index (κ3) is 4.51. The summed E-state index contributed by atoms with van der Waals surface area (Å²) in [7, 11) is 0. The average Bonchev–Trinajstić information content (AvgIpc) is 2.97. The van der Waals surface area contributed by atoms with E-state index in [0.717, 1.165) is 6.07 Å². The maximum absolute atomic E-state index is 13.6. The number of phenols is 5. The van der Waals surface area contributed by atoms with E-state index in [4.69, 9.17) is 13.6 Å². The zero-order valence-corrected chi connectivity index (χ0v) is 23.8. The van der Waals surface area contributed by atoms with Crippen LogP contribution in [0.4, 0.5) is 0 Å². The van der Waals surface area contributed by atoms with Crippen LogP contribution in [0, 0.1) is 0 Å². The molecule has 2 aromatic heterocycles. The Morgan fingerprint density at radius 1 is 0.667 bits per heavy atom. The first-order valence-electron chi connectivity index (χ1n) is 13.8. The first-order valence-corrected chi connectivity index (χ1v) is 13.8. The Morgan fingerprint density at radius 3 is 2.07 bits per heavy atom. The van der Waals surface area contributed by atoms with Crippen LogP contribution in [0.2, 0.25) is 0 Å². The molecule has 0 atom stereocenters. The van der Waals surface area contributed by atoms with Crippen LogP contribution in [-0.4, -0.2) is 31.1 Å². The fourth-order valence-corrected chi connectivity index (χ4v) is 5.51. The highest BCUT2D eigenvalue weighted by Gasteiger charge is 2.32.